The first-order valence-corrected chi connectivity index (χ1v) is 9.57. The summed E-state index contributed by atoms with van der Waals surface area (Å²) in [6.07, 6.45) is -13.6. The van der Waals surface area contributed by atoms with Crippen LogP contribution < -0.4 is 0 Å². The van der Waals surface area contributed by atoms with Gasteiger partial charge in [0.25, 0.3) is 0 Å². The third-order valence-electron chi connectivity index (χ3n) is 5.08. The van der Waals surface area contributed by atoms with E-state index in [0.29, 0.717) is 0 Å². The van der Waals surface area contributed by atoms with Crippen LogP contribution in [0.15, 0.2) is 12.7 Å². The Hall–Kier alpha value is -2.34. The second kappa shape index (κ2) is 10.7. The van der Waals surface area contributed by atoms with Gasteiger partial charge in [-0.25, -0.2) is 4.79 Å². The van der Waals surface area contributed by atoms with E-state index in [0.717, 1.165) is 0 Å². The maximum absolute atomic E-state index is 13.9. The molecule has 0 aromatic heterocycles. The molecule has 0 radical (unpaired) electrons. The SMILES string of the molecule is C=CC(=O)OC(O)(CCC(F)(F)C(F)(F)C(F)(F)C(F)(F)C(F)(F)C(F)(F)C(F)(F)C(F)(F)C(F)(F)C(F)(F)F)OC. The monoisotopic (exact) mass is 678 g/mol. The number of halogens is 21. The van der Waals surface area contributed by atoms with Gasteiger partial charge < -0.3 is 14.6 Å². The van der Waals surface area contributed by atoms with Crippen LogP contribution >= 0.6 is 0 Å². The van der Waals surface area contributed by atoms with Gasteiger partial charge >= 0.3 is 71.4 Å². The smallest absolute Gasteiger partial charge is 0.405 e. The molecule has 0 bridgehead atoms. The van der Waals surface area contributed by atoms with Crippen molar-refractivity contribution in [1.29, 1.82) is 0 Å². The average Bonchev–Trinajstić information content (AvgIpc) is 2.80. The van der Waals surface area contributed by atoms with E-state index in [-0.39, 0.29) is 13.2 Å². The lowest BCUT2D eigenvalue weighted by Gasteiger charge is -2.44. The van der Waals surface area contributed by atoms with E-state index in [4.69, 9.17) is 0 Å². The molecule has 250 valence electrons. The third-order valence-corrected chi connectivity index (χ3v) is 5.08. The van der Waals surface area contributed by atoms with Crippen LogP contribution in [0.5, 0.6) is 0 Å². The molecular formula is C17H11F21O4. The van der Waals surface area contributed by atoms with E-state index in [9.17, 15) is 102 Å². The highest BCUT2D eigenvalue weighted by molar-refractivity contribution is 5.81. The maximum Gasteiger partial charge on any atom is 0.460 e. The molecule has 0 aromatic rings. The van der Waals surface area contributed by atoms with Gasteiger partial charge in [0.05, 0.1) is 0 Å². The summed E-state index contributed by atoms with van der Waals surface area (Å²) < 4.78 is 288. The summed E-state index contributed by atoms with van der Waals surface area (Å²) in [7, 11) is 0.219. The zero-order valence-electron chi connectivity index (χ0n) is 19.3. The van der Waals surface area contributed by atoms with Gasteiger partial charge in [-0.15, -0.1) is 0 Å². The van der Waals surface area contributed by atoms with Crippen molar-refractivity contribution >= 4 is 5.97 Å². The maximum atomic E-state index is 13.9. The van der Waals surface area contributed by atoms with Crippen LogP contribution in [-0.2, 0) is 14.3 Å². The molecule has 25 heteroatoms. The highest BCUT2D eigenvalue weighted by Crippen LogP contribution is 2.66. The van der Waals surface area contributed by atoms with Gasteiger partial charge in [-0.05, 0) is 0 Å². The van der Waals surface area contributed by atoms with Crippen molar-refractivity contribution in [3.8, 4) is 0 Å². The summed E-state index contributed by atoms with van der Waals surface area (Å²) in [5.74, 6) is -83.9. The van der Waals surface area contributed by atoms with E-state index in [2.05, 4.69) is 16.1 Å². The molecule has 0 amide bonds. The molecule has 0 aliphatic carbocycles. The van der Waals surface area contributed by atoms with Crippen molar-refractivity contribution in [2.24, 2.45) is 0 Å². The number of methoxy groups -OCH3 is 1. The molecule has 0 fully saturated rings. The number of hydrogen-bond donors (Lipinski definition) is 1. The summed E-state index contributed by atoms with van der Waals surface area (Å²) in [5.41, 5.74) is 0. The van der Waals surface area contributed by atoms with Crippen LogP contribution in [-0.4, -0.2) is 83.6 Å². The topological polar surface area (TPSA) is 55.8 Å². The van der Waals surface area contributed by atoms with Crippen molar-refractivity contribution in [3.05, 3.63) is 12.7 Å². The summed E-state index contributed by atoms with van der Waals surface area (Å²) in [5, 5.41) is 9.50. The number of aliphatic hydroxyl groups is 1. The van der Waals surface area contributed by atoms with Crippen LogP contribution in [0.4, 0.5) is 92.2 Å². The minimum absolute atomic E-state index is 0.109. The first-order chi connectivity index (χ1) is 18.0. The Morgan fingerprint density at radius 3 is 1.12 bits per heavy atom. The molecular weight excluding hydrogens is 667 g/mol. The number of esters is 1. The predicted molar refractivity (Wildman–Crippen MR) is 88.1 cm³/mol. The first-order valence-electron chi connectivity index (χ1n) is 9.57. The van der Waals surface area contributed by atoms with Crippen LogP contribution in [0, 0.1) is 0 Å². The number of carbonyl (C=O) groups excluding carboxylic acids is 1. The average molecular weight is 678 g/mol. The van der Waals surface area contributed by atoms with Gasteiger partial charge in [0, 0.05) is 26.0 Å². The van der Waals surface area contributed by atoms with Gasteiger partial charge in [-0.1, -0.05) is 6.58 Å². The molecule has 0 heterocycles. The lowest BCUT2D eigenvalue weighted by Crippen LogP contribution is -2.76. The Balaban J connectivity index is 6.88. The quantitative estimate of drug-likeness (QED) is 0.0926. The summed E-state index contributed by atoms with van der Waals surface area (Å²) >= 11 is 0. The number of carbonyl (C=O) groups is 1. The highest BCUT2D eigenvalue weighted by Gasteiger charge is 2.97. The summed E-state index contributed by atoms with van der Waals surface area (Å²) in [4.78, 5) is 11.0. The lowest BCUT2D eigenvalue weighted by atomic mass is 9.85. The Labute approximate surface area is 217 Å². The molecule has 42 heavy (non-hydrogen) atoms. The Bertz CT molecular complexity index is 1000. The van der Waals surface area contributed by atoms with Crippen LogP contribution in [0.1, 0.15) is 12.8 Å². The van der Waals surface area contributed by atoms with Gasteiger partial charge in [0.2, 0.25) is 0 Å². The molecule has 1 atom stereocenters. The fourth-order valence-corrected chi connectivity index (χ4v) is 2.46. The zero-order valence-corrected chi connectivity index (χ0v) is 19.3. The largest absolute Gasteiger partial charge is 0.460 e. The molecule has 0 aliphatic heterocycles. The number of rotatable bonds is 14. The molecule has 0 aromatic carbocycles. The Morgan fingerprint density at radius 2 is 0.857 bits per heavy atom. The van der Waals surface area contributed by atoms with E-state index in [1.165, 1.54) is 0 Å². The zero-order chi connectivity index (χ0) is 34.6. The third kappa shape index (κ3) is 5.53. The Kier molecular flexibility index (Phi) is 10.1. The molecule has 0 aliphatic rings. The number of ether oxygens (including phenoxy) is 2. The minimum atomic E-state index is -9.27. The van der Waals surface area contributed by atoms with Gasteiger partial charge in [-0.3, -0.25) is 0 Å². The lowest BCUT2D eigenvalue weighted by molar-refractivity contribution is -0.474. The Morgan fingerprint density at radius 1 is 0.571 bits per heavy atom. The van der Waals surface area contributed by atoms with Crippen LogP contribution in [0.3, 0.4) is 0 Å². The van der Waals surface area contributed by atoms with Crippen molar-refractivity contribution < 1.29 is 112 Å². The minimum Gasteiger partial charge on any atom is -0.405 e. The standard InChI is InChI=1S/C17H11F21O4/c1-3-6(39)42-8(40,41-2)5-4-7(18,19)9(20,21)10(22,23)11(24,25)12(26,27)13(28,29)14(30,31)15(32,33)16(34,35)17(36,37)38/h3,40H,1,4-5H2,2H3. The summed E-state index contributed by atoms with van der Waals surface area (Å²) in [6, 6.07) is 0. The molecule has 1 N–H and O–H groups in total. The molecule has 0 rings (SSSR count). The second-order valence-electron chi connectivity index (χ2n) is 7.84. The first kappa shape index (κ1) is 39.7. The van der Waals surface area contributed by atoms with Gasteiger partial charge in [-0.2, -0.15) is 92.2 Å². The van der Waals surface area contributed by atoms with Crippen molar-refractivity contribution in [3.63, 3.8) is 0 Å². The fourth-order valence-electron chi connectivity index (χ4n) is 2.46. The molecule has 0 saturated heterocycles. The predicted octanol–water partition coefficient (Wildman–Crippen LogP) is 7.07. The second-order valence-corrected chi connectivity index (χ2v) is 7.84. The van der Waals surface area contributed by atoms with E-state index in [1.807, 2.05) is 0 Å². The number of alkyl halides is 21. The normalized spacial score (nSPS) is 17.1. The molecule has 1 unspecified atom stereocenters. The van der Waals surface area contributed by atoms with E-state index in [1.54, 1.807) is 0 Å². The number of hydrogen-bond acceptors (Lipinski definition) is 4. The van der Waals surface area contributed by atoms with Crippen LogP contribution in [0.2, 0.25) is 0 Å². The van der Waals surface area contributed by atoms with Crippen molar-refractivity contribution in [2.45, 2.75) is 78.3 Å². The van der Waals surface area contributed by atoms with E-state index >= 15 is 0 Å². The molecule has 0 spiro atoms. The summed E-state index contributed by atoms with van der Waals surface area (Å²) in [6.45, 7) is 2.67. The van der Waals surface area contributed by atoms with Crippen LogP contribution in [0.25, 0.3) is 0 Å². The van der Waals surface area contributed by atoms with Gasteiger partial charge in [0.1, 0.15) is 0 Å². The van der Waals surface area contributed by atoms with Crippen molar-refractivity contribution in [1.82, 2.24) is 0 Å². The van der Waals surface area contributed by atoms with Gasteiger partial charge in [0.15, 0.2) is 0 Å². The van der Waals surface area contributed by atoms with Crippen molar-refractivity contribution in [2.75, 3.05) is 7.11 Å². The molecule has 0 saturated carbocycles. The molecule has 4 nitrogen and oxygen atoms in total. The van der Waals surface area contributed by atoms with E-state index < -0.39 is 84.3 Å². The highest BCUT2D eigenvalue weighted by atomic mass is 19.4. The fraction of sp³-hybridized carbons (Fsp3) is 0.824.